The maximum Gasteiger partial charge on any atom is 0.351 e. The van der Waals surface area contributed by atoms with Crippen LogP contribution in [-0.4, -0.2) is 55.2 Å². The van der Waals surface area contributed by atoms with Gasteiger partial charge in [0.25, 0.3) is 0 Å². The highest BCUT2D eigenvalue weighted by Gasteiger charge is 2.27. The topological polar surface area (TPSA) is 124 Å². The first kappa shape index (κ1) is 19.2. The van der Waals surface area contributed by atoms with Crippen molar-refractivity contribution >= 4 is 5.82 Å². The van der Waals surface area contributed by atoms with Gasteiger partial charge in [0.15, 0.2) is 0 Å². The van der Waals surface area contributed by atoms with Gasteiger partial charge in [-0.05, 0) is 24.8 Å². The van der Waals surface area contributed by atoms with Crippen molar-refractivity contribution in [3.63, 3.8) is 0 Å². The van der Waals surface area contributed by atoms with Crippen LogP contribution in [0.25, 0.3) is 0 Å². The van der Waals surface area contributed by atoms with Gasteiger partial charge in [-0.15, -0.1) is 0 Å². The molecule has 1 aliphatic rings. The predicted molar refractivity (Wildman–Crippen MR) is 90.5 cm³/mol. The van der Waals surface area contributed by atoms with Crippen LogP contribution >= 0.6 is 0 Å². The van der Waals surface area contributed by atoms with Crippen LogP contribution in [-0.2, 0) is 18.9 Å². The lowest BCUT2D eigenvalue weighted by Crippen LogP contribution is -2.27. The third-order valence-corrected chi connectivity index (χ3v) is 3.47. The summed E-state index contributed by atoms with van der Waals surface area (Å²) in [5, 5.41) is 0. The van der Waals surface area contributed by atoms with E-state index < -0.39 is 5.69 Å². The van der Waals surface area contributed by atoms with Crippen LogP contribution in [0.5, 0.6) is 0 Å². The van der Waals surface area contributed by atoms with Gasteiger partial charge in [-0.1, -0.05) is 0 Å². The Balaban J connectivity index is 1.61. The normalized spacial score (nSPS) is 19.4. The van der Waals surface area contributed by atoms with Crippen LogP contribution < -0.4 is 17.2 Å². The Hall–Kier alpha value is -2.12. The smallest absolute Gasteiger partial charge is 0.351 e. The number of hydrogen-bond acceptors (Lipinski definition) is 8. The van der Waals surface area contributed by atoms with Gasteiger partial charge >= 0.3 is 5.69 Å². The molecule has 9 nitrogen and oxygen atoms in total. The third kappa shape index (κ3) is 6.72. The van der Waals surface area contributed by atoms with E-state index in [1.54, 1.807) is 12.3 Å². The van der Waals surface area contributed by atoms with Crippen LogP contribution in [0.3, 0.4) is 0 Å². The lowest BCUT2D eigenvalue weighted by atomic mass is 10.2. The summed E-state index contributed by atoms with van der Waals surface area (Å²) in [6.07, 6.45) is 5.18. The van der Waals surface area contributed by atoms with Gasteiger partial charge in [-0.3, -0.25) is 4.57 Å². The van der Waals surface area contributed by atoms with Crippen molar-refractivity contribution in [2.45, 2.75) is 25.2 Å². The van der Waals surface area contributed by atoms with Crippen molar-refractivity contribution in [2.24, 2.45) is 5.73 Å². The molecule has 4 N–H and O–H groups in total. The molecule has 0 bridgehead atoms. The van der Waals surface area contributed by atoms with Crippen LogP contribution in [0.1, 0.15) is 19.1 Å². The molecule has 2 rings (SSSR count). The van der Waals surface area contributed by atoms with Crippen LogP contribution in [0, 0.1) is 12.0 Å². The average molecular weight is 352 g/mol. The lowest BCUT2D eigenvalue weighted by molar-refractivity contribution is -0.0246. The minimum absolute atomic E-state index is 0.116. The number of nitrogens with zero attached hydrogens (tertiary/aromatic N) is 2. The maximum absolute atomic E-state index is 11.8. The number of nitrogen functional groups attached to an aromatic ring is 1. The Bertz CT molecular complexity index is 639. The molecule has 1 aromatic heterocycles. The molecule has 25 heavy (non-hydrogen) atoms. The first-order chi connectivity index (χ1) is 12.2. The summed E-state index contributed by atoms with van der Waals surface area (Å²) in [6, 6.07) is 1.57. The Morgan fingerprint density at radius 2 is 2.16 bits per heavy atom. The summed E-state index contributed by atoms with van der Waals surface area (Å²) in [5.41, 5.74) is 10.4. The fourth-order valence-electron chi connectivity index (χ4n) is 2.30. The van der Waals surface area contributed by atoms with Crippen molar-refractivity contribution in [3.05, 3.63) is 22.7 Å². The van der Waals surface area contributed by atoms with E-state index in [1.807, 2.05) is 0 Å². The molecular formula is C16H24N4O5. The molecule has 2 atom stereocenters. The van der Waals surface area contributed by atoms with E-state index in [2.05, 4.69) is 17.0 Å². The quantitative estimate of drug-likeness (QED) is 0.449. The van der Waals surface area contributed by atoms with Gasteiger partial charge in [0, 0.05) is 12.7 Å². The first-order valence-electron chi connectivity index (χ1n) is 8.16. The molecule has 1 aromatic rings. The molecule has 9 heteroatoms. The van der Waals surface area contributed by atoms with Gasteiger partial charge in [0.1, 0.15) is 31.4 Å². The highest BCUT2D eigenvalue weighted by molar-refractivity contribution is 5.23. The highest BCUT2D eigenvalue weighted by Crippen LogP contribution is 2.27. The molecule has 0 radical (unpaired) electrons. The summed E-state index contributed by atoms with van der Waals surface area (Å²) < 4.78 is 22.9. The summed E-state index contributed by atoms with van der Waals surface area (Å²) in [5.74, 6) is 2.95. The summed E-state index contributed by atoms with van der Waals surface area (Å²) in [6.45, 7) is 2.59. The number of aromatic nitrogens is 2. The first-order valence-corrected chi connectivity index (χ1v) is 8.16. The van der Waals surface area contributed by atoms with Crippen molar-refractivity contribution in [3.8, 4) is 12.0 Å². The lowest BCUT2D eigenvalue weighted by Gasteiger charge is -2.14. The van der Waals surface area contributed by atoms with Crippen molar-refractivity contribution < 1.29 is 18.9 Å². The predicted octanol–water partition coefficient (Wildman–Crippen LogP) is -0.527. The van der Waals surface area contributed by atoms with E-state index in [0.717, 1.165) is 6.42 Å². The fourth-order valence-corrected chi connectivity index (χ4v) is 2.30. The molecule has 0 aliphatic carbocycles. The molecule has 0 unspecified atom stereocenters. The molecule has 0 saturated carbocycles. The molecule has 0 amide bonds. The number of hydrogen-bond donors (Lipinski definition) is 2. The van der Waals surface area contributed by atoms with E-state index in [9.17, 15) is 4.79 Å². The Morgan fingerprint density at radius 1 is 1.32 bits per heavy atom. The molecule has 138 valence electrons. The molecule has 1 fully saturated rings. The monoisotopic (exact) mass is 352 g/mol. The van der Waals surface area contributed by atoms with E-state index in [4.69, 9.17) is 30.4 Å². The van der Waals surface area contributed by atoms with E-state index in [1.165, 1.54) is 4.57 Å². The van der Waals surface area contributed by atoms with Crippen LogP contribution in [0.2, 0.25) is 0 Å². The molecule has 1 aliphatic heterocycles. The number of rotatable bonds is 9. The fraction of sp³-hybridized carbons (Fsp3) is 0.625. The van der Waals surface area contributed by atoms with Gasteiger partial charge in [-0.2, -0.15) is 4.98 Å². The highest BCUT2D eigenvalue weighted by atomic mass is 16.5. The molecule has 1 saturated heterocycles. The standard InChI is InChI=1S/C16H24N4O5/c17-5-9-23-11-10-22-7-1-8-24-12-13-2-3-15(25-13)20-6-4-14(18)19-16(20)21/h4,6,13,15H,2-3,5,7,9-12,17H2,(H2,18,19,21)/t13-,15+/m0/s1. The zero-order chi connectivity index (χ0) is 17.9. The van der Waals surface area contributed by atoms with Gasteiger partial charge in [0.2, 0.25) is 0 Å². The third-order valence-electron chi connectivity index (χ3n) is 3.47. The van der Waals surface area contributed by atoms with Crippen LogP contribution in [0.15, 0.2) is 17.1 Å². The molecule has 2 heterocycles. The zero-order valence-electron chi connectivity index (χ0n) is 14.1. The van der Waals surface area contributed by atoms with E-state index >= 15 is 0 Å². The molecule has 0 spiro atoms. The van der Waals surface area contributed by atoms with E-state index in [-0.39, 0.29) is 24.8 Å². The number of anilines is 1. The second-order valence-electron chi connectivity index (χ2n) is 5.38. The zero-order valence-corrected chi connectivity index (χ0v) is 14.1. The Kier molecular flexibility index (Phi) is 8.21. The Labute approximate surface area is 146 Å². The second-order valence-corrected chi connectivity index (χ2v) is 5.38. The second kappa shape index (κ2) is 10.7. The number of nitrogens with two attached hydrogens (primary N) is 2. The van der Waals surface area contributed by atoms with Crippen molar-refractivity contribution in [1.82, 2.24) is 9.55 Å². The van der Waals surface area contributed by atoms with Gasteiger partial charge in [-0.25, -0.2) is 4.79 Å². The van der Waals surface area contributed by atoms with Crippen LogP contribution in [0.4, 0.5) is 5.82 Å². The molecular weight excluding hydrogens is 328 g/mol. The number of ether oxygens (including phenoxy) is 4. The summed E-state index contributed by atoms with van der Waals surface area (Å²) >= 11 is 0. The van der Waals surface area contributed by atoms with Crippen molar-refractivity contribution in [2.75, 3.05) is 45.3 Å². The summed E-state index contributed by atoms with van der Waals surface area (Å²) in [4.78, 5) is 15.5. The average Bonchev–Trinajstić information content (AvgIpc) is 3.05. The SMILES string of the molecule is NCCOCCOCC#COC[C@@H]1CC[C@H](n2ccc(N)nc2=O)O1. The van der Waals surface area contributed by atoms with Gasteiger partial charge < -0.3 is 30.4 Å². The largest absolute Gasteiger partial charge is 0.444 e. The Morgan fingerprint density at radius 3 is 2.96 bits per heavy atom. The molecule has 0 aromatic carbocycles. The minimum Gasteiger partial charge on any atom is -0.444 e. The van der Waals surface area contributed by atoms with Gasteiger partial charge in [0.05, 0.1) is 25.9 Å². The van der Waals surface area contributed by atoms with E-state index in [0.29, 0.717) is 39.4 Å². The minimum atomic E-state index is -0.418. The maximum atomic E-state index is 11.8. The van der Waals surface area contributed by atoms with Crippen molar-refractivity contribution in [1.29, 1.82) is 0 Å². The summed E-state index contributed by atoms with van der Waals surface area (Å²) in [7, 11) is 0.